The van der Waals surface area contributed by atoms with Gasteiger partial charge >= 0.3 is 0 Å². The highest BCUT2D eigenvalue weighted by molar-refractivity contribution is 7.99. The van der Waals surface area contributed by atoms with Gasteiger partial charge in [0.1, 0.15) is 6.61 Å². The van der Waals surface area contributed by atoms with Gasteiger partial charge in [0.15, 0.2) is 0 Å². The molecule has 1 fully saturated rings. The predicted octanol–water partition coefficient (Wildman–Crippen LogP) is 2.35. The van der Waals surface area contributed by atoms with E-state index in [9.17, 15) is 4.79 Å². The van der Waals surface area contributed by atoms with E-state index in [1.54, 1.807) is 0 Å². The minimum Gasteiger partial charge on any atom is -0.384 e. The average Bonchev–Trinajstić information content (AvgIpc) is 2.93. The quantitative estimate of drug-likeness (QED) is 0.843. The molecule has 112 valence electrons. The van der Waals surface area contributed by atoms with Gasteiger partial charge in [-0.25, -0.2) is 0 Å². The van der Waals surface area contributed by atoms with Crippen molar-refractivity contribution in [1.82, 2.24) is 5.32 Å². The Morgan fingerprint density at radius 1 is 1.48 bits per heavy atom. The third-order valence-electron chi connectivity index (χ3n) is 3.95. The topological polar surface area (TPSA) is 49.3 Å². The molecule has 1 saturated carbocycles. The zero-order valence-corrected chi connectivity index (χ0v) is 13.3. The highest BCUT2D eigenvalue weighted by Gasteiger charge is 2.28. The van der Waals surface area contributed by atoms with Gasteiger partial charge in [-0.2, -0.15) is 11.8 Å². The van der Waals surface area contributed by atoms with Crippen molar-refractivity contribution in [2.45, 2.75) is 37.5 Å². The molecular formula is C17H21NO2S. The van der Waals surface area contributed by atoms with E-state index in [4.69, 9.17) is 5.11 Å². The van der Waals surface area contributed by atoms with Crippen molar-refractivity contribution in [3.8, 4) is 11.8 Å². The third-order valence-corrected chi connectivity index (χ3v) is 5.12. The summed E-state index contributed by atoms with van der Waals surface area (Å²) in [7, 11) is 0. The number of amides is 1. The third kappa shape index (κ3) is 3.81. The van der Waals surface area contributed by atoms with Crippen LogP contribution in [-0.4, -0.2) is 35.2 Å². The van der Waals surface area contributed by atoms with Crippen molar-refractivity contribution >= 4 is 17.7 Å². The van der Waals surface area contributed by atoms with E-state index in [0.717, 1.165) is 17.5 Å². The Bertz CT molecular complexity index is 574. The van der Waals surface area contributed by atoms with E-state index in [1.165, 1.54) is 12.8 Å². The Morgan fingerprint density at radius 2 is 2.29 bits per heavy atom. The molecule has 0 heterocycles. The zero-order valence-electron chi connectivity index (χ0n) is 12.5. The van der Waals surface area contributed by atoms with E-state index >= 15 is 0 Å². The molecule has 1 aliphatic rings. The molecule has 3 nitrogen and oxygen atoms in total. The van der Waals surface area contributed by atoms with Gasteiger partial charge in [-0.3, -0.25) is 4.79 Å². The molecule has 2 N–H and O–H groups in total. The molecule has 21 heavy (non-hydrogen) atoms. The minimum atomic E-state index is -0.173. The van der Waals surface area contributed by atoms with Crippen LogP contribution in [0.15, 0.2) is 18.2 Å². The molecule has 1 aromatic carbocycles. The fourth-order valence-corrected chi connectivity index (χ4v) is 3.71. The van der Waals surface area contributed by atoms with E-state index in [0.29, 0.717) is 10.8 Å². The molecule has 1 amide bonds. The van der Waals surface area contributed by atoms with Gasteiger partial charge in [-0.05, 0) is 43.7 Å². The normalized spacial score (nSPS) is 20.7. The van der Waals surface area contributed by atoms with E-state index in [1.807, 2.05) is 36.9 Å². The lowest BCUT2D eigenvalue weighted by molar-refractivity contribution is 0.0938. The van der Waals surface area contributed by atoms with Gasteiger partial charge in [-0.1, -0.05) is 24.3 Å². The van der Waals surface area contributed by atoms with Crippen LogP contribution in [0.4, 0.5) is 0 Å². The standard InChI is InChI=1S/C17H21NO2S/c1-12-13(7-5-11-19)6-3-8-14(12)17(20)18-15-9-4-10-16(15)21-2/h3,6,8,15-16,19H,4,9-11H2,1-2H3,(H,18,20). The molecule has 2 atom stereocenters. The number of carbonyl (C=O) groups is 1. The number of aliphatic hydroxyl groups excluding tert-OH is 1. The molecule has 2 unspecified atom stereocenters. The van der Waals surface area contributed by atoms with Gasteiger partial charge in [0.25, 0.3) is 5.91 Å². The molecule has 0 spiro atoms. The van der Waals surface area contributed by atoms with Gasteiger partial charge in [0.2, 0.25) is 0 Å². The fourth-order valence-electron chi connectivity index (χ4n) is 2.77. The second kappa shape index (κ2) is 7.53. The molecule has 4 heteroatoms. The number of thioether (sulfide) groups is 1. The smallest absolute Gasteiger partial charge is 0.251 e. The molecular weight excluding hydrogens is 282 g/mol. The van der Waals surface area contributed by atoms with Crippen LogP contribution in [0.1, 0.15) is 40.7 Å². The number of nitrogens with one attached hydrogen (secondary N) is 1. The van der Waals surface area contributed by atoms with Crippen molar-refractivity contribution in [1.29, 1.82) is 0 Å². The molecule has 0 saturated heterocycles. The van der Waals surface area contributed by atoms with Crippen LogP contribution < -0.4 is 5.32 Å². The van der Waals surface area contributed by atoms with Crippen LogP contribution in [0.2, 0.25) is 0 Å². The van der Waals surface area contributed by atoms with Crippen LogP contribution in [0.3, 0.4) is 0 Å². The lowest BCUT2D eigenvalue weighted by atomic mass is 10.0. The van der Waals surface area contributed by atoms with Crippen molar-refractivity contribution in [3.63, 3.8) is 0 Å². The summed E-state index contributed by atoms with van der Waals surface area (Å²) < 4.78 is 0. The maximum atomic E-state index is 12.5. The molecule has 0 aromatic heterocycles. The Balaban J connectivity index is 2.16. The lowest BCUT2D eigenvalue weighted by Gasteiger charge is -2.20. The summed E-state index contributed by atoms with van der Waals surface area (Å²) in [6, 6.07) is 5.80. The molecule has 1 aromatic rings. The lowest BCUT2D eigenvalue weighted by Crippen LogP contribution is -2.38. The average molecular weight is 303 g/mol. The first-order chi connectivity index (χ1) is 10.2. The summed E-state index contributed by atoms with van der Waals surface area (Å²) in [5.74, 6) is 5.50. The minimum absolute atomic E-state index is 0.0221. The Kier molecular flexibility index (Phi) is 5.72. The summed E-state index contributed by atoms with van der Waals surface area (Å²) in [6.45, 7) is 1.73. The summed E-state index contributed by atoms with van der Waals surface area (Å²) in [4.78, 5) is 12.5. The first kappa shape index (κ1) is 15.9. The second-order valence-electron chi connectivity index (χ2n) is 5.22. The largest absolute Gasteiger partial charge is 0.384 e. The Hall–Kier alpha value is -1.44. The summed E-state index contributed by atoms with van der Waals surface area (Å²) in [6.07, 6.45) is 5.51. The number of hydrogen-bond acceptors (Lipinski definition) is 3. The zero-order chi connectivity index (χ0) is 15.2. The van der Waals surface area contributed by atoms with Gasteiger partial charge < -0.3 is 10.4 Å². The number of rotatable bonds is 3. The molecule has 0 aliphatic heterocycles. The summed E-state index contributed by atoms with van der Waals surface area (Å²) in [5.41, 5.74) is 2.34. The number of aliphatic hydroxyl groups is 1. The van der Waals surface area contributed by atoms with Gasteiger partial charge in [0.05, 0.1) is 0 Å². The Morgan fingerprint density at radius 3 is 3.00 bits per heavy atom. The monoisotopic (exact) mass is 303 g/mol. The van der Waals surface area contributed by atoms with Crippen molar-refractivity contribution in [3.05, 3.63) is 34.9 Å². The van der Waals surface area contributed by atoms with Crippen LogP contribution in [0.5, 0.6) is 0 Å². The highest BCUT2D eigenvalue weighted by atomic mass is 32.2. The van der Waals surface area contributed by atoms with Crippen LogP contribution >= 0.6 is 11.8 Å². The van der Waals surface area contributed by atoms with Crippen LogP contribution in [-0.2, 0) is 0 Å². The second-order valence-corrected chi connectivity index (χ2v) is 6.30. The van der Waals surface area contributed by atoms with E-state index in [-0.39, 0.29) is 18.6 Å². The van der Waals surface area contributed by atoms with Gasteiger partial charge in [-0.15, -0.1) is 0 Å². The SMILES string of the molecule is CSC1CCCC1NC(=O)c1cccc(C#CCO)c1C. The summed E-state index contributed by atoms with van der Waals surface area (Å²) >= 11 is 1.83. The molecule has 1 aliphatic carbocycles. The van der Waals surface area contributed by atoms with Crippen molar-refractivity contribution in [2.75, 3.05) is 12.9 Å². The molecule has 0 bridgehead atoms. The fraction of sp³-hybridized carbons (Fsp3) is 0.471. The molecule has 0 radical (unpaired) electrons. The maximum absolute atomic E-state index is 12.5. The van der Waals surface area contributed by atoms with E-state index in [2.05, 4.69) is 23.4 Å². The predicted molar refractivity (Wildman–Crippen MR) is 87.6 cm³/mol. The van der Waals surface area contributed by atoms with E-state index < -0.39 is 0 Å². The molecule has 2 rings (SSSR count). The Labute approximate surface area is 130 Å². The number of benzene rings is 1. The van der Waals surface area contributed by atoms with Crippen molar-refractivity contribution in [2.24, 2.45) is 0 Å². The van der Waals surface area contributed by atoms with Crippen LogP contribution in [0, 0.1) is 18.8 Å². The number of carbonyl (C=O) groups excluding carboxylic acids is 1. The maximum Gasteiger partial charge on any atom is 0.251 e. The summed E-state index contributed by atoms with van der Waals surface area (Å²) in [5, 5.41) is 12.5. The first-order valence-electron chi connectivity index (χ1n) is 7.20. The van der Waals surface area contributed by atoms with Crippen LogP contribution in [0.25, 0.3) is 0 Å². The van der Waals surface area contributed by atoms with Gasteiger partial charge in [0, 0.05) is 22.4 Å². The highest BCUT2D eigenvalue weighted by Crippen LogP contribution is 2.28. The first-order valence-corrected chi connectivity index (χ1v) is 8.49. The number of hydrogen-bond donors (Lipinski definition) is 2. The van der Waals surface area contributed by atoms with Crippen molar-refractivity contribution < 1.29 is 9.90 Å².